The van der Waals surface area contributed by atoms with Gasteiger partial charge in [-0.1, -0.05) is 47.6 Å². The molecule has 0 aliphatic carbocycles. The van der Waals surface area contributed by atoms with E-state index in [1.165, 1.54) is 12.1 Å². The Bertz CT molecular complexity index is 883. The average molecular weight is 392 g/mol. The molecule has 0 N–H and O–H groups in total. The van der Waals surface area contributed by atoms with E-state index < -0.39 is 20.7 Å². The summed E-state index contributed by atoms with van der Waals surface area (Å²) in [4.78, 5) is 4.41. The zero-order chi connectivity index (χ0) is 20.6. The number of nitrogens with zero attached hydrogens (tertiary/aromatic N) is 1. The summed E-state index contributed by atoms with van der Waals surface area (Å²) >= 11 is 0. The van der Waals surface area contributed by atoms with Crippen molar-refractivity contribution in [1.29, 1.82) is 0 Å². The van der Waals surface area contributed by atoms with Gasteiger partial charge in [0.1, 0.15) is 5.82 Å². The van der Waals surface area contributed by atoms with Gasteiger partial charge in [0, 0.05) is 11.9 Å². The van der Waals surface area contributed by atoms with Gasteiger partial charge in [0.2, 0.25) is 0 Å². The van der Waals surface area contributed by atoms with Crippen molar-refractivity contribution in [2.45, 2.75) is 70.6 Å². The number of halogens is 1. The van der Waals surface area contributed by atoms with Crippen molar-refractivity contribution < 1.29 is 12.8 Å². The largest absolute Gasteiger partial charge is 0.261 e. The number of benzene rings is 1. The van der Waals surface area contributed by atoms with E-state index in [1.54, 1.807) is 6.20 Å². The molecule has 0 fully saturated rings. The topological polar surface area (TPSA) is 47.0 Å². The van der Waals surface area contributed by atoms with Gasteiger partial charge in [0.15, 0.2) is 9.84 Å². The molecule has 1 heterocycles. The number of aryl methyl sites for hydroxylation is 2. The van der Waals surface area contributed by atoms with E-state index in [2.05, 4.69) is 4.98 Å². The van der Waals surface area contributed by atoms with Crippen LogP contribution in [0.1, 0.15) is 63.9 Å². The average Bonchev–Trinajstić information content (AvgIpc) is 2.52. The first-order chi connectivity index (χ1) is 12.2. The number of sulfone groups is 1. The van der Waals surface area contributed by atoms with Crippen molar-refractivity contribution >= 4 is 9.84 Å². The SMILES string of the molecule is Cc1ccc(CCS(=O)(=O)c2cc(C(C)(C)C)c(F)c(C(C)(C)C)c2)cn1. The van der Waals surface area contributed by atoms with Crippen molar-refractivity contribution in [2.75, 3.05) is 5.75 Å². The number of pyridine rings is 1. The lowest BCUT2D eigenvalue weighted by atomic mass is 9.80. The summed E-state index contributed by atoms with van der Waals surface area (Å²) in [5.74, 6) is -0.340. The van der Waals surface area contributed by atoms with Crippen LogP contribution in [0.3, 0.4) is 0 Å². The summed E-state index contributed by atoms with van der Waals surface area (Å²) in [5.41, 5.74) is 1.66. The second kappa shape index (κ2) is 7.34. The van der Waals surface area contributed by atoms with E-state index in [1.807, 2.05) is 60.6 Å². The molecule has 0 amide bonds. The summed E-state index contributed by atoms with van der Waals surface area (Å²) in [6, 6.07) is 6.78. The summed E-state index contributed by atoms with van der Waals surface area (Å²) in [6.45, 7) is 13.3. The Labute approximate surface area is 163 Å². The molecule has 0 aliphatic rings. The van der Waals surface area contributed by atoms with Crippen molar-refractivity contribution in [3.8, 4) is 0 Å². The third-order valence-corrected chi connectivity index (χ3v) is 6.35. The van der Waals surface area contributed by atoms with Gasteiger partial charge in [0.05, 0.1) is 10.6 Å². The Hall–Kier alpha value is -1.75. The van der Waals surface area contributed by atoms with E-state index in [9.17, 15) is 8.42 Å². The minimum atomic E-state index is -3.55. The highest BCUT2D eigenvalue weighted by atomic mass is 32.2. The molecule has 3 nitrogen and oxygen atoms in total. The fourth-order valence-electron chi connectivity index (χ4n) is 2.89. The van der Waals surface area contributed by atoms with Gasteiger partial charge in [0.25, 0.3) is 0 Å². The van der Waals surface area contributed by atoms with E-state index >= 15 is 4.39 Å². The van der Waals surface area contributed by atoms with Gasteiger partial charge in [-0.05, 0) is 59.1 Å². The Morgan fingerprint density at radius 1 is 0.963 bits per heavy atom. The molecule has 0 radical (unpaired) electrons. The molecule has 0 bridgehead atoms. The summed E-state index contributed by atoms with van der Waals surface area (Å²) < 4.78 is 41.1. The Balaban J connectivity index is 2.47. The van der Waals surface area contributed by atoms with Gasteiger partial charge in [-0.2, -0.15) is 0 Å². The molecule has 1 aromatic carbocycles. The van der Waals surface area contributed by atoms with Crippen LogP contribution >= 0.6 is 0 Å². The molecule has 0 saturated carbocycles. The number of aromatic nitrogens is 1. The first-order valence-electron chi connectivity index (χ1n) is 9.20. The molecule has 0 unspecified atom stereocenters. The summed E-state index contributed by atoms with van der Waals surface area (Å²) in [6.07, 6.45) is 2.08. The standard InChI is InChI=1S/C22H30FNO2S/c1-15-8-9-16(14-24-15)10-11-27(25,26)17-12-18(21(2,3)4)20(23)19(13-17)22(5,6)7/h8-9,12-14H,10-11H2,1-7H3. The number of rotatable bonds is 4. The van der Waals surface area contributed by atoms with Crippen LogP contribution in [0, 0.1) is 12.7 Å². The van der Waals surface area contributed by atoms with Crippen LogP contribution in [0.25, 0.3) is 0 Å². The van der Waals surface area contributed by atoms with Crippen LogP contribution in [-0.4, -0.2) is 19.2 Å². The summed E-state index contributed by atoms with van der Waals surface area (Å²) in [5, 5.41) is 0. The number of hydrogen-bond donors (Lipinski definition) is 0. The fourth-order valence-corrected chi connectivity index (χ4v) is 4.22. The molecular formula is C22H30FNO2S. The molecule has 0 aliphatic heterocycles. The quantitative estimate of drug-likeness (QED) is 0.678. The third kappa shape index (κ3) is 5.16. The van der Waals surface area contributed by atoms with E-state index in [0.29, 0.717) is 17.5 Å². The first-order valence-corrected chi connectivity index (χ1v) is 10.9. The van der Waals surface area contributed by atoms with Crippen LogP contribution in [0.4, 0.5) is 4.39 Å². The molecule has 2 aromatic rings. The van der Waals surface area contributed by atoms with Crippen molar-refractivity contribution in [3.63, 3.8) is 0 Å². The molecule has 0 spiro atoms. The van der Waals surface area contributed by atoms with Gasteiger partial charge in [-0.25, -0.2) is 12.8 Å². The highest BCUT2D eigenvalue weighted by Gasteiger charge is 2.29. The molecule has 0 atom stereocenters. The smallest absolute Gasteiger partial charge is 0.178 e. The highest BCUT2D eigenvalue weighted by Crippen LogP contribution is 2.35. The van der Waals surface area contributed by atoms with Crippen LogP contribution in [-0.2, 0) is 27.1 Å². The normalized spacial score (nSPS) is 13.0. The maximum atomic E-state index is 15.1. The third-order valence-electron chi connectivity index (χ3n) is 4.65. The highest BCUT2D eigenvalue weighted by molar-refractivity contribution is 7.91. The monoisotopic (exact) mass is 391 g/mol. The van der Waals surface area contributed by atoms with Gasteiger partial charge < -0.3 is 0 Å². The second-order valence-electron chi connectivity index (χ2n) is 9.21. The predicted molar refractivity (Wildman–Crippen MR) is 109 cm³/mol. The van der Waals surface area contributed by atoms with E-state index in [0.717, 1.165) is 11.3 Å². The second-order valence-corrected chi connectivity index (χ2v) is 11.3. The molecule has 5 heteroatoms. The van der Waals surface area contributed by atoms with Gasteiger partial charge >= 0.3 is 0 Å². The van der Waals surface area contributed by atoms with Crippen molar-refractivity contribution in [3.05, 3.63) is 58.7 Å². The summed E-state index contributed by atoms with van der Waals surface area (Å²) in [7, 11) is -3.55. The van der Waals surface area contributed by atoms with Crippen LogP contribution in [0.5, 0.6) is 0 Å². The molecule has 1 aromatic heterocycles. The zero-order valence-electron chi connectivity index (χ0n) is 17.4. The van der Waals surface area contributed by atoms with Gasteiger partial charge in [-0.3, -0.25) is 4.98 Å². The van der Waals surface area contributed by atoms with Crippen LogP contribution in [0.15, 0.2) is 35.4 Å². The Kier molecular flexibility index (Phi) is 5.86. The molecular weight excluding hydrogens is 361 g/mol. The fraction of sp³-hybridized carbons (Fsp3) is 0.500. The lowest BCUT2D eigenvalue weighted by Gasteiger charge is -2.27. The Morgan fingerprint density at radius 3 is 1.89 bits per heavy atom. The van der Waals surface area contributed by atoms with Crippen LogP contribution < -0.4 is 0 Å². The zero-order valence-corrected chi connectivity index (χ0v) is 18.2. The van der Waals surface area contributed by atoms with Crippen LogP contribution in [0.2, 0.25) is 0 Å². The minimum Gasteiger partial charge on any atom is -0.261 e. The molecule has 2 rings (SSSR count). The van der Waals surface area contributed by atoms with Gasteiger partial charge in [-0.15, -0.1) is 0 Å². The molecule has 148 valence electrons. The predicted octanol–water partition coefficient (Wildman–Crippen LogP) is 5.14. The lowest BCUT2D eigenvalue weighted by molar-refractivity contribution is 0.478. The van der Waals surface area contributed by atoms with E-state index in [4.69, 9.17) is 0 Å². The maximum absolute atomic E-state index is 15.1. The van der Waals surface area contributed by atoms with Crippen molar-refractivity contribution in [1.82, 2.24) is 4.98 Å². The molecule has 27 heavy (non-hydrogen) atoms. The van der Waals surface area contributed by atoms with Crippen molar-refractivity contribution in [2.24, 2.45) is 0 Å². The maximum Gasteiger partial charge on any atom is 0.178 e. The minimum absolute atomic E-state index is 0.0312. The first kappa shape index (κ1) is 21.5. The Morgan fingerprint density at radius 2 is 1.48 bits per heavy atom. The number of hydrogen-bond acceptors (Lipinski definition) is 3. The molecule has 0 saturated heterocycles. The lowest BCUT2D eigenvalue weighted by Crippen LogP contribution is -2.22. The van der Waals surface area contributed by atoms with E-state index in [-0.39, 0.29) is 16.5 Å².